The lowest BCUT2D eigenvalue weighted by Crippen LogP contribution is -2.39. The first-order valence-electron chi connectivity index (χ1n) is 5.69. The van der Waals surface area contributed by atoms with E-state index in [-0.39, 0.29) is 11.9 Å². The highest BCUT2D eigenvalue weighted by molar-refractivity contribution is 7.99. The van der Waals surface area contributed by atoms with Gasteiger partial charge in [-0.2, -0.15) is 11.8 Å². The summed E-state index contributed by atoms with van der Waals surface area (Å²) in [6.45, 7) is 2.07. The van der Waals surface area contributed by atoms with E-state index >= 15 is 0 Å². The largest absolute Gasteiger partial charge is 0.329 e. The van der Waals surface area contributed by atoms with Gasteiger partial charge in [-0.1, -0.05) is 0 Å². The smallest absolute Gasteiger partial charge is 0.128 e. The monoisotopic (exact) mass is 258 g/mol. The Labute approximate surface area is 104 Å². The maximum atomic E-state index is 13.7. The highest BCUT2D eigenvalue weighted by Crippen LogP contribution is 2.25. The highest BCUT2D eigenvalue weighted by atomic mass is 32.2. The summed E-state index contributed by atoms with van der Waals surface area (Å²) in [6.07, 6.45) is 0. The van der Waals surface area contributed by atoms with Crippen LogP contribution in [0.3, 0.4) is 0 Å². The van der Waals surface area contributed by atoms with Crippen molar-refractivity contribution in [2.45, 2.75) is 6.04 Å². The van der Waals surface area contributed by atoms with Gasteiger partial charge in [0.05, 0.1) is 6.04 Å². The maximum absolute atomic E-state index is 13.7. The van der Waals surface area contributed by atoms with Gasteiger partial charge in [-0.25, -0.2) is 8.78 Å². The number of hydrogen-bond donors (Lipinski definition) is 1. The molecule has 0 aromatic heterocycles. The Balaban J connectivity index is 2.24. The fourth-order valence-electron chi connectivity index (χ4n) is 2.13. The van der Waals surface area contributed by atoms with Crippen molar-refractivity contribution in [2.75, 3.05) is 31.1 Å². The summed E-state index contributed by atoms with van der Waals surface area (Å²) in [5, 5.41) is 0. The molecule has 0 radical (unpaired) electrons. The highest BCUT2D eigenvalue weighted by Gasteiger charge is 2.23. The second-order valence-corrected chi connectivity index (χ2v) is 5.29. The first-order chi connectivity index (χ1) is 8.22. The molecule has 94 valence electrons. The van der Waals surface area contributed by atoms with Gasteiger partial charge in [0.25, 0.3) is 0 Å². The Morgan fingerprint density at radius 2 is 2.00 bits per heavy atom. The molecule has 1 fully saturated rings. The number of thioether (sulfide) groups is 1. The van der Waals surface area contributed by atoms with Crippen molar-refractivity contribution < 1.29 is 8.78 Å². The van der Waals surface area contributed by atoms with E-state index in [4.69, 9.17) is 5.73 Å². The predicted octanol–water partition coefficient (Wildman–Crippen LogP) is 2.01. The van der Waals surface area contributed by atoms with Gasteiger partial charge in [0.15, 0.2) is 0 Å². The zero-order chi connectivity index (χ0) is 12.3. The van der Waals surface area contributed by atoms with Gasteiger partial charge in [0.2, 0.25) is 0 Å². The quantitative estimate of drug-likeness (QED) is 0.899. The number of halogens is 2. The predicted molar refractivity (Wildman–Crippen MR) is 67.1 cm³/mol. The van der Waals surface area contributed by atoms with Crippen molar-refractivity contribution in [1.82, 2.24) is 4.90 Å². The van der Waals surface area contributed by atoms with Gasteiger partial charge in [0.1, 0.15) is 11.6 Å². The van der Waals surface area contributed by atoms with Gasteiger partial charge in [-0.05, 0) is 18.2 Å². The third kappa shape index (κ3) is 2.97. The number of benzene rings is 1. The van der Waals surface area contributed by atoms with Gasteiger partial charge >= 0.3 is 0 Å². The van der Waals surface area contributed by atoms with Crippen molar-refractivity contribution in [3.05, 3.63) is 35.4 Å². The molecule has 5 heteroatoms. The molecule has 1 aromatic carbocycles. The fraction of sp³-hybridized carbons (Fsp3) is 0.500. The Morgan fingerprint density at radius 1 is 1.29 bits per heavy atom. The molecule has 17 heavy (non-hydrogen) atoms. The third-order valence-electron chi connectivity index (χ3n) is 3.03. The van der Waals surface area contributed by atoms with Gasteiger partial charge in [-0.3, -0.25) is 4.90 Å². The van der Waals surface area contributed by atoms with Crippen LogP contribution in [0.4, 0.5) is 8.78 Å². The molecule has 0 saturated carbocycles. The molecular formula is C12H16F2N2S. The van der Waals surface area contributed by atoms with E-state index < -0.39 is 5.82 Å². The van der Waals surface area contributed by atoms with E-state index in [9.17, 15) is 8.78 Å². The van der Waals surface area contributed by atoms with E-state index in [2.05, 4.69) is 4.90 Å². The lowest BCUT2D eigenvalue weighted by atomic mass is 10.0. The van der Waals surface area contributed by atoms with Crippen molar-refractivity contribution in [3.63, 3.8) is 0 Å². The van der Waals surface area contributed by atoms with Crippen molar-refractivity contribution in [2.24, 2.45) is 5.73 Å². The van der Waals surface area contributed by atoms with Crippen LogP contribution in [-0.4, -0.2) is 36.0 Å². The Hall–Kier alpha value is -0.650. The number of rotatable bonds is 3. The molecule has 1 saturated heterocycles. The van der Waals surface area contributed by atoms with Crippen molar-refractivity contribution in [3.8, 4) is 0 Å². The van der Waals surface area contributed by atoms with Crippen LogP contribution >= 0.6 is 11.8 Å². The lowest BCUT2D eigenvalue weighted by molar-refractivity contribution is 0.218. The first-order valence-corrected chi connectivity index (χ1v) is 6.84. The topological polar surface area (TPSA) is 29.3 Å². The molecule has 2 rings (SSSR count). The van der Waals surface area contributed by atoms with Crippen LogP contribution < -0.4 is 5.73 Å². The Bertz CT molecular complexity index is 381. The van der Waals surface area contributed by atoms with Crippen LogP contribution in [0.2, 0.25) is 0 Å². The second-order valence-electron chi connectivity index (χ2n) is 4.07. The van der Waals surface area contributed by atoms with Gasteiger partial charge < -0.3 is 5.73 Å². The first kappa shape index (κ1) is 12.8. The van der Waals surface area contributed by atoms with Gasteiger partial charge in [0, 0.05) is 36.7 Å². The molecular weight excluding hydrogens is 242 g/mol. The molecule has 0 bridgehead atoms. The summed E-state index contributed by atoms with van der Waals surface area (Å²) >= 11 is 1.88. The standard InChI is InChI=1S/C12H16F2N2S/c13-9-1-2-11(14)10(7-9)12(8-15)16-3-5-17-6-4-16/h1-2,7,12H,3-6,8,15H2. The van der Waals surface area contributed by atoms with Crippen LogP contribution in [0.15, 0.2) is 18.2 Å². The van der Waals surface area contributed by atoms with Crippen LogP contribution in [0.25, 0.3) is 0 Å². The maximum Gasteiger partial charge on any atom is 0.128 e. The van der Waals surface area contributed by atoms with E-state index in [1.165, 1.54) is 12.1 Å². The average molecular weight is 258 g/mol. The summed E-state index contributed by atoms with van der Waals surface area (Å²) in [5.74, 6) is 1.26. The average Bonchev–Trinajstić information content (AvgIpc) is 2.36. The van der Waals surface area contributed by atoms with Gasteiger partial charge in [-0.15, -0.1) is 0 Å². The summed E-state index contributed by atoms with van der Waals surface area (Å²) in [6, 6.07) is 3.35. The molecule has 1 aromatic rings. The van der Waals surface area contributed by atoms with E-state index in [1.54, 1.807) is 0 Å². The normalized spacial score (nSPS) is 19.2. The molecule has 1 atom stereocenters. The molecule has 0 spiro atoms. The number of nitrogens with two attached hydrogens (primary N) is 1. The Morgan fingerprint density at radius 3 is 2.65 bits per heavy atom. The summed E-state index contributed by atoms with van der Waals surface area (Å²) in [7, 11) is 0. The van der Waals surface area contributed by atoms with Crippen LogP contribution in [0, 0.1) is 11.6 Å². The fourth-order valence-corrected chi connectivity index (χ4v) is 3.06. The minimum atomic E-state index is -0.411. The van der Waals surface area contributed by atoms with Crippen molar-refractivity contribution >= 4 is 11.8 Å². The van der Waals surface area contributed by atoms with E-state index in [1.807, 2.05) is 11.8 Å². The molecule has 1 aliphatic heterocycles. The summed E-state index contributed by atoms with van der Waals surface area (Å²) in [5.41, 5.74) is 6.09. The minimum Gasteiger partial charge on any atom is -0.329 e. The molecule has 1 heterocycles. The summed E-state index contributed by atoms with van der Waals surface area (Å²) in [4.78, 5) is 2.13. The Kier molecular flexibility index (Phi) is 4.36. The van der Waals surface area contributed by atoms with Crippen LogP contribution in [-0.2, 0) is 0 Å². The van der Waals surface area contributed by atoms with Crippen LogP contribution in [0.5, 0.6) is 0 Å². The minimum absolute atomic E-state index is 0.216. The van der Waals surface area contributed by atoms with Crippen molar-refractivity contribution in [1.29, 1.82) is 0 Å². The molecule has 0 aliphatic carbocycles. The number of hydrogen-bond acceptors (Lipinski definition) is 3. The number of nitrogens with zero attached hydrogens (tertiary/aromatic N) is 1. The van der Waals surface area contributed by atoms with Crippen LogP contribution in [0.1, 0.15) is 11.6 Å². The van der Waals surface area contributed by atoms with E-state index in [0.29, 0.717) is 12.1 Å². The molecule has 1 aliphatic rings. The zero-order valence-corrected chi connectivity index (χ0v) is 10.4. The summed E-state index contributed by atoms with van der Waals surface area (Å²) < 4.78 is 26.9. The second kappa shape index (κ2) is 5.80. The SMILES string of the molecule is NCC(c1cc(F)ccc1F)N1CCSCC1. The molecule has 2 N–H and O–H groups in total. The zero-order valence-electron chi connectivity index (χ0n) is 9.53. The van der Waals surface area contributed by atoms with E-state index in [0.717, 1.165) is 30.7 Å². The third-order valence-corrected chi connectivity index (χ3v) is 3.97. The molecule has 1 unspecified atom stereocenters. The molecule has 0 amide bonds. The lowest BCUT2D eigenvalue weighted by Gasteiger charge is -2.34. The molecule has 2 nitrogen and oxygen atoms in total.